The number of esters is 3. The fourth-order valence-corrected chi connectivity index (χ4v) is 2.52. The molecule has 1 heterocycles. The summed E-state index contributed by atoms with van der Waals surface area (Å²) >= 11 is 0. The molecule has 7 heteroatoms. The largest absolute Gasteiger partial charge is 0.462 e. The second-order valence-corrected chi connectivity index (χ2v) is 5.78. The third-order valence-electron chi connectivity index (χ3n) is 3.92. The third kappa shape index (κ3) is 5.19. The summed E-state index contributed by atoms with van der Waals surface area (Å²) in [4.78, 5) is 35.5. The highest BCUT2D eigenvalue weighted by Crippen LogP contribution is 2.32. The Hall–Kier alpha value is -2.15. The minimum absolute atomic E-state index is 0.0273. The molecule has 0 N–H and O–H groups in total. The molecule has 2 aliphatic rings. The van der Waals surface area contributed by atoms with E-state index < -0.39 is 23.8 Å². The molecule has 0 saturated carbocycles. The summed E-state index contributed by atoms with van der Waals surface area (Å²) in [6.07, 6.45) is 4.24. The van der Waals surface area contributed by atoms with Crippen LogP contribution in [0.3, 0.4) is 0 Å². The molecule has 1 aliphatic heterocycles. The van der Waals surface area contributed by atoms with Gasteiger partial charge in [-0.25, -0.2) is 9.59 Å². The van der Waals surface area contributed by atoms with E-state index in [1.54, 1.807) is 6.08 Å². The first-order valence-corrected chi connectivity index (χ1v) is 7.97. The van der Waals surface area contributed by atoms with E-state index in [9.17, 15) is 14.4 Å². The average molecular weight is 338 g/mol. The molecule has 0 amide bonds. The monoisotopic (exact) mass is 338 g/mol. The molecule has 0 aromatic heterocycles. The number of carbonyl (C=O) groups excluding carboxylic acids is 3. The summed E-state index contributed by atoms with van der Waals surface area (Å²) in [5.41, 5.74) is 0.336. The van der Waals surface area contributed by atoms with Crippen molar-refractivity contribution >= 4 is 17.9 Å². The molecule has 1 aliphatic carbocycles. The van der Waals surface area contributed by atoms with Crippen molar-refractivity contribution in [2.24, 2.45) is 11.8 Å². The van der Waals surface area contributed by atoms with Crippen molar-refractivity contribution in [1.29, 1.82) is 0 Å². The second kappa shape index (κ2) is 8.63. The predicted octanol–water partition coefficient (Wildman–Crippen LogP) is 1.17. The van der Waals surface area contributed by atoms with Crippen molar-refractivity contribution in [3.8, 4) is 0 Å². The van der Waals surface area contributed by atoms with Crippen LogP contribution in [-0.2, 0) is 33.3 Å². The van der Waals surface area contributed by atoms with Crippen molar-refractivity contribution in [2.45, 2.75) is 25.9 Å². The molecule has 0 aromatic rings. The van der Waals surface area contributed by atoms with Crippen LogP contribution in [0.2, 0.25) is 0 Å². The normalized spacial score (nSPS) is 25.2. The van der Waals surface area contributed by atoms with Gasteiger partial charge in [0, 0.05) is 11.6 Å². The van der Waals surface area contributed by atoms with Crippen LogP contribution < -0.4 is 0 Å². The number of rotatable bonds is 8. The zero-order valence-corrected chi connectivity index (χ0v) is 13.7. The van der Waals surface area contributed by atoms with E-state index >= 15 is 0 Å². The average Bonchev–Trinajstić information content (AvgIpc) is 3.40. The van der Waals surface area contributed by atoms with Gasteiger partial charge in [-0.1, -0.05) is 19.6 Å². The lowest BCUT2D eigenvalue weighted by atomic mass is 9.79. The van der Waals surface area contributed by atoms with Crippen molar-refractivity contribution in [3.05, 3.63) is 24.3 Å². The molecular formula is C17H22O7. The number of ether oxygens (including phenoxy) is 4. The molecule has 0 spiro atoms. The van der Waals surface area contributed by atoms with Gasteiger partial charge < -0.3 is 18.9 Å². The highest BCUT2D eigenvalue weighted by atomic mass is 16.6. The smallest absolute Gasteiger partial charge is 0.334 e. The van der Waals surface area contributed by atoms with Gasteiger partial charge in [-0.05, 0) is 18.8 Å². The van der Waals surface area contributed by atoms with Crippen LogP contribution in [0.5, 0.6) is 0 Å². The van der Waals surface area contributed by atoms with E-state index in [2.05, 4.69) is 6.58 Å². The molecule has 132 valence electrons. The molecule has 0 aromatic carbocycles. The summed E-state index contributed by atoms with van der Waals surface area (Å²) in [6, 6.07) is 0. The van der Waals surface area contributed by atoms with Crippen molar-refractivity contribution < 1.29 is 33.3 Å². The summed E-state index contributed by atoms with van der Waals surface area (Å²) in [7, 11) is 0. The van der Waals surface area contributed by atoms with E-state index in [-0.39, 0.29) is 31.8 Å². The Morgan fingerprint density at radius 1 is 1.29 bits per heavy atom. The highest BCUT2D eigenvalue weighted by molar-refractivity contribution is 5.96. The standard InChI is InChI=1S/C17H22O7/c1-3-14(18)21-7-8-22-17(20)15-11(2)5-4-6-13(15)16(19)24-10-12-9-23-12/h3,6,11-12,15H,1,4-5,7-10H2,2H3. The first kappa shape index (κ1) is 18.2. The maximum absolute atomic E-state index is 12.3. The fourth-order valence-electron chi connectivity index (χ4n) is 2.52. The van der Waals surface area contributed by atoms with Crippen LogP contribution in [0, 0.1) is 11.8 Å². The predicted molar refractivity (Wildman–Crippen MR) is 82.8 cm³/mol. The van der Waals surface area contributed by atoms with Crippen LogP contribution in [0.15, 0.2) is 24.3 Å². The second-order valence-electron chi connectivity index (χ2n) is 5.78. The van der Waals surface area contributed by atoms with Crippen molar-refractivity contribution in [3.63, 3.8) is 0 Å². The minimum Gasteiger partial charge on any atom is -0.462 e. The van der Waals surface area contributed by atoms with Crippen molar-refractivity contribution in [1.82, 2.24) is 0 Å². The molecular weight excluding hydrogens is 316 g/mol. The number of carbonyl (C=O) groups is 3. The lowest BCUT2D eigenvalue weighted by Crippen LogP contribution is -2.33. The van der Waals surface area contributed by atoms with E-state index in [0.717, 1.165) is 12.5 Å². The third-order valence-corrected chi connectivity index (χ3v) is 3.92. The topological polar surface area (TPSA) is 91.4 Å². The number of hydrogen-bond donors (Lipinski definition) is 0. The van der Waals surface area contributed by atoms with Gasteiger partial charge in [0.25, 0.3) is 0 Å². The van der Waals surface area contributed by atoms with E-state index in [0.29, 0.717) is 18.6 Å². The van der Waals surface area contributed by atoms with Gasteiger partial charge in [0.05, 0.1) is 12.5 Å². The van der Waals surface area contributed by atoms with Gasteiger partial charge >= 0.3 is 17.9 Å². The van der Waals surface area contributed by atoms with Crippen molar-refractivity contribution in [2.75, 3.05) is 26.4 Å². The Kier molecular flexibility index (Phi) is 6.54. The quantitative estimate of drug-likeness (QED) is 0.216. The van der Waals surface area contributed by atoms with Gasteiger partial charge in [0.1, 0.15) is 25.9 Å². The Balaban J connectivity index is 1.87. The minimum atomic E-state index is -0.665. The summed E-state index contributed by atoms with van der Waals surface area (Å²) in [6.45, 7) is 5.84. The van der Waals surface area contributed by atoms with Crippen LogP contribution in [-0.4, -0.2) is 50.4 Å². The first-order chi connectivity index (χ1) is 11.5. The first-order valence-electron chi connectivity index (χ1n) is 7.97. The maximum Gasteiger partial charge on any atom is 0.334 e. The Bertz CT molecular complexity index is 533. The highest BCUT2D eigenvalue weighted by Gasteiger charge is 2.37. The molecule has 3 unspecified atom stereocenters. The lowest BCUT2D eigenvalue weighted by molar-refractivity contribution is -0.155. The zero-order chi connectivity index (χ0) is 17.5. The number of allylic oxidation sites excluding steroid dienone is 1. The summed E-state index contributed by atoms with van der Waals surface area (Å²) in [5, 5.41) is 0. The summed E-state index contributed by atoms with van der Waals surface area (Å²) < 4.78 is 20.1. The van der Waals surface area contributed by atoms with Crippen LogP contribution in [0.4, 0.5) is 0 Å². The number of hydrogen-bond acceptors (Lipinski definition) is 7. The van der Waals surface area contributed by atoms with Crippen LogP contribution in [0.25, 0.3) is 0 Å². The summed E-state index contributed by atoms with van der Waals surface area (Å²) in [5.74, 6) is -2.29. The van der Waals surface area contributed by atoms with Gasteiger partial charge in [0.2, 0.25) is 0 Å². The molecule has 1 fully saturated rings. The van der Waals surface area contributed by atoms with E-state index in [1.165, 1.54) is 0 Å². The van der Waals surface area contributed by atoms with Gasteiger partial charge in [-0.3, -0.25) is 4.79 Å². The lowest BCUT2D eigenvalue weighted by Gasteiger charge is -2.27. The molecule has 3 atom stereocenters. The fraction of sp³-hybridized carbons (Fsp3) is 0.588. The molecule has 2 rings (SSSR count). The Labute approximate surface area is 140 Å². The Morgan fingerprint density at radius 3 is 2.67 bits per heavy atom. The molecule has 7 nitrogen and oxygen atoms in total. The van der Waals surface area contributed by atoms with Gasteiger partial charge in [-0.15, -0.1) is 0 Å². The van der Waals surface area contributed by atoms with Crippen LogP contribution >= 0.6 is 0 Å². The molecule has 24 heavy (non-hydrogen) atoms. The molecule has 1 saturated heterocycles. The van der Waals surface area contributed by atoms with E-state index in [1.807, 2.05) is 6.92 Å². The number of epoxide rings is 1. The van der Waals surface area contributed by atoms with Gasteiger partial charge in [0.15, 0.2) is 0 Å². The SMILES string of the molecule is C=CC(=O)OCCOC(=O)C1C(C(=O)OCC2CO2)=CCCC1C. The van der Waals surface area contributed by atoms with Gasteiger partial charge in [-0.2, -0.15) is 0 Å². The molecule has 0 radical (unpaired) electrons. The Morgan fingerprint density at radius 2 is 2.00 bits per heavy atom. The van der Waals surface area contributed by atoms with Crippen LogP contribution in [0.1, 0.15) is 19.8 Å². The molecule has 0 bridgehead atoms. The van der Waals surface area contributed by atoms with E-state index in [4.69, 9.17) is 18.9 Å². The maximum atomic E-state index is 12.3. The zero-order valence-electron chi connectivity index (χ0n) is 13.7.